The van der Waals surface area contributed by atoms with Crippen LogP contribution in [0.5, 0.6) is 0 Å². The molecule has 2 fully saturated rings. The monoisotopic (exact) mass is 359 g/mol. The summed E-state index contributed by atoms with van der Waals surface area (Å²) in [7, 11) is 0. The van der Waals surface area contributed by atoms with E-state index in [9.17, 15) is 9.59 Å². The zero-order valence-electron chi connectivity index (χ0n) is 14.6. The minimum atomic E-state index is -0.0289. The number of amides is 2. The highest BCUT2D eigenvalue weighted by molar-refractivity contribution is 7.80. The molecule has 3 rings (SSSR count). The molecule has 2 amide bonds. The van der Waals surface area contributed by atoms with E-state index in [2.05, 4.69) is 16.0 Å². The minimum absolute atomic E-state index is 0.0289. The van der Waals surface area contributed by atoms with Crippen LogP contribution < -0.4 is 16.0 Å². The zero-order valence-corrected chi connectivity index (χ0v) is 15.4. The largest absolute Gasteiger partial charge is 0.332 e. The van der Waals surface area contributed by atoms with E-state index in [1.165, 1.54) is 12.8 Å². The van der Waals surface area contributed by atoms with E-state index in [-0.39, 0.29) is 17.7 Å². The van der Waals surface area contributed by atoms with Crippen LogP contribution in [-0.4, -0.2) is 16.9 Å². The second-order valence-electron chi connectivity index (χ2n) is 7.15. The van der Waals surface area contributed by atoms with Crippen LogP contribution in [0.2, 0.25) is 0 Å². The molecule has 25 heavy (non-hydrogen) atoms. The van der Waals surface area contributed by atoms with Gasteiger partial charge >= 0.3 is 0 Å². The molecule has 0 atom stereocenters. The molecule has 0 radical (unpaired) electrons. The Morgan fingerprint density at radius 2 is 1.84 bits per heavy atom. The molecular formula is C19H25N3O2S. The lowest BCUT2D eigenvalue weighted by Crippen LogP contribution is -2.34. The molecule has 134 valence electrons. The third-order valence-corrected chi connectivity index (χ3v) is 5.11. The van der Waals surface area contributed by atoms with Crippen molar-refractivity contribution < 1.29 is 9.59 Å². The molecule has 0 aliphatic heterocycles. The minimum Gasteiger partial charge on any atom is -0.332 e. The van der Waals surface area contributed by atoms with E-state index >= 15 is 0 Å². The Morgan fingerprint density at radius 1 is 1.12 bits per heavy atom. The van der Waals surface area contributed by atoms with Gasteiger partial charge in [0.1, 0.15) is 0 Å². The van der Waals surface area contributed by atoms with Crippen molar-refractivity contribution in [2.75, 3.05) is 10.6 Å². The van der Waals surface area contributed by atoms with Gasteiger partial charge in [0.2, 0.25) is 11.8 Å². The summed E-state index contributed by atoms with van der Waals surface area (Å²) in [6.45, 7) is 1.95. The summed E-state index contributed by atoms with van der Waals surface area (Å²) in [5.41, 5.74) is 2.53. The third-order valence-electron chi connectivity index (χ3n) is 4.90. The van der Waals surface area contributed by atoms with Crippen molar-refractivity contribution >= 4 is 40.5 Å². The Balaban J connectivity index is 1.53. The Labute approximate surface area is 153 Å². The molecule has 0 spiro atoms. The molecule has 0 aromatic heterocycles. The van der Waals surface area contributed by atoms with E-state index in [0.717, 1.165) is 42.6 Å². The summed E-state index contributed by atoms with van der Waals surface area (Å²) in [4.78, 5) is 24.0. The van der Waals surface area contributed by atoms with Crippen LogP contribution >= 0.6 is 12.2 Å². The topological polar surface area (TPSA) is 70.2 Å². The first-order valence-electron chi connectivity index (χ1n) is 9.03. The van der Waals surface area contributed by atoms with Crippen LogP contribution in [0, 0.1) is 18.8 Å². The maximum Gasteiger partial charge on any atom is 0.227 e. The van der Waals surface area contributed by atoms with E-state index in [0.29, 0.717) is 17.5 Å². The zero-order chi connectivity index (χ0) is 17.8. The summed E-state index contributed by atoms with van der Waals surface area (Å²) in [6.07, 6.45) is 7.20. The summed E-state index contributed by atoms with van der Waals surface area (Å²) >= 11 is 5.24. The van der Waals surface area contributed by atoms with E-state index in [1.54, 1.807) is 0 Å². The highest BCUT2D eigenvalue weighted by atomic mass is 32.1. The molecule has 5 nitrogen and oxygen atoms in total. The van der Waals surface area contributed by atoms with Crippen molar-refractivity contribution in [3.05, 3.63) is 23.8 Å². The van der Waals surface area contributed by atoms with Gasteiger partial charge in [0.15, 0.2) is 5.11 Å². The van der Waals surface area contributed by atoms with Crippen molar-refractivity contribution in [2.45, 2.75) is 51.9 Å². The number of hydrogen-bond donors (Lipinski definition) is 3. The lowest BCUT2D eigenvalue weighted by atomic mass is 10.0. The molecule has 0 heterocycles. The molecule has 0 bridgehead atoms. The Hall–Kier alpha value is -1.95. The van der Waals surface area contributed by atoms with Gasteiger partial charge in [0.05, 0.1) is 0 Å². The number of rotatable bonds is 5. The first kappa shape index (κ1) is 17.9. The van der Waals surface area contributed by atoms with Gasteiger partial charge in [-0.2, -0.15) is 0 Å². The average Bonchev–Trinajstić information content (AvgIpc) is 3.29. The van der Waals surface area contributed by atoms with Gasteiger partial charge in [-0.15, -0.1) is 0 Å². The van der Waals surface area contributed by atoms with E-state index in [4.69, 9.17) is 12.2 Å². The molecule has 2 aliphatic rings. The van der Waals surface area contributed by atoms with Crippen LogP contribution in [0.15, 0.2) is 18.2 Å². The van der Waals surface area contributed by atoms with Gasteiger partial charge < -0.3 is 16.0 Å². The van der Waals surface area contributed by atoms with Crippen molar-refractivity contribution in [1.82, 2.24) is 5.32 Å². The third kappa shape index (κ3) is 5.26. The fraction of sp³-hybridized carbons (Fsp3) is 0.526. The van der Waals surface area contributed by atoms with E-state index < -0.39 is 0 Å². The molecule has 0 unspecified atom stereocenters. The standard InChI is InChI=1S/C19H25N3O2S/c1-12-6-9-15(11-16(12)21-18(24)14-7-8-14)20-19(25)22-17(23)10-13-4-2-3-5-13/h6,9,11,13-14H,2-5,7-8,10H2,1H3,(H,21,24)(H2,20,22,23,25). The number of carbonyl (C=O) groups is 2. The van der Waals surface area contributed by atoms with Crippen LogP contribution in [0.1, 0.15) is 50.5 Å². The second-order valence-corrected chi connectivity index (χ2v) is 7.56. The van der Waals surface area contributed by atoms with Crippen LogP contribution in [0.4, 0.5) is 11.4 Å². The first-order valence-corrected chi connectivity index (χ1v) is 9.44. The quantitative estimate of drug-likeness (QED) is 0.701. The van der Waals surface area contributed by atoms with Crippen molar-refractivity contribution in [3.8, 4) is 0 Å². The molecule has 1 aromatic carbocycles. The maximum absolute atomic E-state index is 12.1. The Kier molecular flexibility index (Phi) is 5.68. The number of thiocarbonyl (C=S) groups is 1. The number of benzene rings is 1. The molecule has 1 aromatic rings. The highest BCUT2D eigenvalue weighted by Crippen LogP contribution is 2.31. The number of carbonyl (C=O) groups excluding carboxylic acids is 2. The highest BCUT2D eigenvalue weighted by Gasteiger charge is 2.29. The normalized spacial score (nSPS) is 17.2. The molecule has 6 heteroatoms. The number of anilines is 2. The van der Waals surface area contributed by atoms with Crippen molar-refractivity contribution in [1.29, 1.82) is 0 Å². The SMILES string of the molecule is Cc1ccc(NC(=S)NC(=O)CC2CCCC2)cc1NC(=O)C1CC1. The predicted molar refractivity (Wildman–Crippen MR) is 103 cm³/mol. The van der Waals surface area contributed by atoms with Gasteiger partial charge in [-0.3, -0.25) is 9.59 Å². The average molecular weight is 359 g/mol. The maximum atomic E-state index is 12.1. The van der Waals surface area contributed by atoms with Crippen molar-refractivity contribution in [3.63, 3.8) is 0 Å². The van der Waals surface area contributed by atoms with Crippen LogP contribution in [-0.2, 0) is 9.59 Å². The predicted octanol–water partition coefficient (Wildman–Crippen LogP) is 3.74. The van der Waals surface area contributed by atoms with Crippen LogP contribution in [0.3, 0.4) is 0 Å². The molecule has 0 saturated heterocycles. The Bertz CT molecular complexity index is 679. The van der Waals surface area contributed by atoms with Gasteiger partial charge in [-0.1, -0.05) is 18.9 Å². The molecule has 3 N–H and O–H groups in total. The summed E-state index contributed by atoms with van der Waals surface area (Å²) in [5.74, 6) is 0.699. The van der Waals surface area contributed by atoms with Gasteiger partial charge in [-0.25, -0.2) is 0 Å². The van der Waals surface area contributed by atoms with Gasteiger partial charge in [0, 0.05) is 23.7 Å². The number of nitrogens with one attached hydrogen (secondary N) is 3. The smallest absolute Gasteiger partial charge is 0.227 e. The first-order chi connectivity index (χ1) is 12.0. The van der Waals surface area contributed by atoms with E-state index in [1.807, 2.05) is 25.1 Å². The fourth-order valence-electron chi connectivity index (χ4n) is 3.23. The number of hydrogen-bond acceptors (Lipinski definition) is 3. The molecule has 2 aliphatic carbocycles. The second kappa shape index (κ2) is 7.95. The Morgan fingerprint density at radius 3 is 2.52 bits per heavy atom. The van der Waals surface area contributed by atoms with Gasteiger partial charge in [0.25, 0.3) is 0 Å². The lowest BCUT2D eigenvalue weighted by Gasteiger charge is -2.14. The van der Waals surface area contributed by atoms with Crippen molar-refractivity contribution in [2.24, 2.45) is 11.8 Å². The summed E-state index contributed by atoms with van der Waals surface area (Å²) < 4.78 is 0. The summed E-state index contributed by atoms with van der Waals surface area (Å²) in [5, 5.41) is 9.05. The molecular weight excluding hydrogens is 334 g/mol. The molecule has 2 saturated carbocycles. The fourth-order valence-corrected chi connectivity index (χ4v) is 3.46. The summed E-state index contributed by atoms with van der Waals surface area (Å²) in [6, 6.07) is 5.66. The lowest BCUT2D eigenvalue weighted by molar-refractivity contribution is -0.120. The van der Waals surface area contributed by atoms with Crippen LogP contribution in [0.25, 0.3) is 0 Å². The number of aryl methyl sites for hydroxylation is 1. The van der Waals surface area contributed by atoms with Gasteiger partial charge in [-0.05, 0) is 68.4 Å².